The van der Waals surface area contributed by atoms with Crippen LogP contribution in [0.25, 0.3) is 0 Å². The van der Waals surface area contributed by atoms with Gasteiger partial charge >= 0.3 is 18.2 Å². The van der Waals surface area contributed by atoms with Gasteiger partial charge in [0.05, 0.1) is 30.0 Å². The number of carbonyl (C=O) groups excluding carboxylic acids is 3. The van der Waals surface area contributed by atoms with Gasteiger partial charge in [-0.15, -0.1) is 11.8 Å². The zero-order chi connectivity index (χ0) is 20.6. The maximum absolute atomic E-state index is 14.2. The van der Waals surface area contributed by atoms with Crippen molar-refractivity contribution >= 4 is 47.0 Å². The average molecular weight is 431 g/mol. The number of urea groups is 1. The van der Waals surface area contributed by atoms with Crippen LogP contribution in [0.4, 0.5) is 28.0 Å². The summed E-state index contributed by atoms with van der Waals surface area (Å²) in [5.41, 5.74) is -4.44. The number of rotatable bonds is 4. The van der Waals surface area contributed by atoms with E-state index in [0.29, 0.717) is 0 Å². The number of thioether (sulfide) groups is 1. The number of nitrogens with zero attached hydrogens (tertiary/aromatic N) is 1. The van der Waals surface area contributed by atoms with Gasteiger partial charge < -0.3 is 15.2 Å². The van der Waals surface area contributed by atoms with Gasteiger partial charge in [0.2, 0.25) is 11.6 Å². The summed E-state index contributed by atoms with van der Waals surface area (Å²) >= 11 is 6.64. The molecule has 0 bridgehead atoms. The van der Waals surface area contributed by atoms with Gasteiger partial charge in [0.25, 0.3) is 0 Å². The number of aliphatic hydroxyl groups is 1. The van der Waals surface area contributed by atoms with Gasteiger partial charge in [0, 0.05) is 4.90 Å². The van der Waals surface area contributed by atoms with Gasteiger partial charge in [-0.05, 0) is 12.1 Å². The lowest BCUT2D eigenvalue weighted by Gasteiger charge is -2.38. The molecule has 2 N–H and O–H groups in total. The number of alkyl halides is 3. The Balaban J connectivity index is 2.36. The van der Waals surface area contributed by atoms with Crippen LogP contribution in [0, 0.1) is 5.82 Å². The minimum Gasteiger partial charge on any atom is -0.468 e. The fraction of sp³-hybridized carbons (Fsp3) is 0.357. The Morgan fingerprint density at radius 3 is 2.59 bits per heavy atom. The van der Waals surface area contributed by atoms with E-state index < -0.39 is 47.7 Å². The second-order valence-corrected chi connectivity index (χ2v) is 6.72. The molecule has 0 radical (unpaired) electrons. The van der Waals surface area contributed by atoms with Crippen LogP contribution in [0.2, 0.25) is 5.02 Å². The number of nitrogens with one attached hydrogen (secondary N) is 1. The number of methoxy groups -OCH3 is 1. The van der Waals surface area contributed by atoms with Crippen LogP contribution in [0.15, 0.2) is 17.0 Å². The van der Waals surface area contributed by atoms with Gasteiger partial charge in [0.1, 0.15) is 5.82 Å². The second-order valence-electron chi connectivity index (χ2n) is 5.29. The molecule has 1 aromatic rings. The highest BCUT2D eigenvalue weighted by Crippen LogP contribution is 2.38. The minimum atomic E-state index is -5.32. The van der Waals surface area contributed by atoms with Crippen molar-refractivity contribution < 1.29 is 41.8 Å². The Bertz CT molecular complexity index is 786. The van der Waals surface area contributed by atoms with E-state index in [-0.39, 0.29) is 20.6 Å². The molecular formula is C14H11ClF4N2O5S. The number of anilines is 1. The van der Waals surface area contributed by atoms with Crippen LogP contribution in [0.1, 0.15) is 6.42 Å². The third-order valence-electron chi connectivity index (χ3n) is 3.46. The number of hydrogen-bond acceptors (Lipinski definition) is 6. The molecule has 2 rings (SSSR count). The van der Waals surface area contributed by atoms with Crippen molar-refractivity contribution in [3.63, 3.8) is 0 Å². The molecule has 1 aliphatic heterocycles. The molecule has 1 saturated heterocycles. The Morgan fingerprint density at radius 1 is 1.44 bits per heavy atom. The summed E-state index contributed by atoms with van der Waals surface area (Å²) in [6.07, 6.45) is -6.86. The Kier molecular flexibility index (Phi) is 5.92. The fourth-order valence-corrected chi connectivity index (χ4v) is 3.20. The van der Waals surface area contributed by atoms with Crippen molar-refractivity contribution in [2.45, 2.75) is 23.2 Å². The molecule has 0 saturated carbocycles. The maximum Gasteiger partial charge on any atom is 0.437 e. The maximum atomic E-state index is 14.2. The molecule has 148 valence electrons. The molecule has 1 fully saturated rings. The molecule has 1 atom stereocenters. The van der Waals surface area contributed by atoms with Crippen molar-refractivity contribution in [2.24, 2.45) is 0 Å². The van der Waals surface area contributed by atoms with Crippen LogP contribution in [0.5, 0.6) is 0 Å². The Labute approximate surface area is 158 Å². The monoisotopic (exact) mass is 430 g/mol. The molecule has 13 heteroatoms. The summed E-state index contributed by atoms with van der Waals surface area (Å²) in [4.78, 5) is 35.4. The third kappa shape index (κ3) is 4.28. The summed E-state index contributed by atoms with van der Waals surface area (Å²) in [7, 11) is 1.14. The van der Waals surface area contributed by atoms with E-state index in [1.807, 2.05) is 0 Å². The first-order chi connectivity index (χ1) is 12.4. The summed E-state index contributed by atoms with van der Waals surface area (Å²) in [5.74, 6) is -3.51. The number of esters is 1. The predicted molar refractivity (Wildman–Crippen MR) is 85.8 cm³/mol. The standard InChI is InChI=1S/C14H11ClF4N2O5S/c1-26-11(23)5-27-9-3-8(7(16)2-6(9)15)21-10(22)4-13(25,14(17,18)19)20-12(21)24/h2-3,25H,4-5H2,1H3,(H,20,24). The molecule has 0 spiro atoms. The molecule has 7 nitrogen and oxygen atoms in total. The van der Waals surface area contributed by atoms with Gasteiger partial charge in [0.15, 0.2) is 0 Å². The van der Waals surface area contributed by atoms with Crippen molar-refractivity contribution in [3.8, 4) is 0 Å². The number of halogens is 5. The number of ether oxygens (including phenoxy) is 1. The van der Waals surface area contributed by atoms with Crippen LogP contribution in [0.3, 0.4) is 0 Å². The van der Waals surface area contributed by atoms with Crippen LogP contribution >= 0.6 is 23.4 Å². The number of hydrogen-bond donors (Lipinski definition) is 2. The van der Waals surface area contributed by atoms with Crippen molar-refractivity contribution in [1.29, 1.82) is 0 Å². The topological polar surface area (TPSA) is 95.9 Å². The SMILES string of the molecule is COC(=O)CSc1cc(N2C(=O)CC(O)(C(F)(F)F)NC2=O)c(F)cc1Cl. The van der Waals surface area contributed by atoms with Crippen molar-refractivity contribution in [1.82, 2.24) is 5.32 Å². The molecule has 1 heterocycles. The first kappa shape index (κ1) is 21.3. The van der Waals surface area contributed by atoms with Gasteiger partial charge in [-0.1, -0.05) is 11.6 Å². The van der Waals surface area contributed by atoms with Crippen molar-refractivity contribution in [2.75, 3.05) is 17.8 Å². The predicted octanol–water partition coefficient (Wildman–Crippen LogP) is 2.44. The lowest BCUT2D eigenvalue weighted by atomic mass is 10.1. The first-order valence-corrected chi connectivity index (χ1v) is 8.39. The molecular weight excluding hydrogens is 420 g/mol. The van der Waals surface area contributed by atoms with Crippen LogP contribution < -0.4 is 10.2 Å². The average Bonchev–Trinajstić information content (AvgIpc) is 2.53. The number of carbonyl (C=O) groups is 3. The van der Waals surface area contributed by atoms with E-state index in [2.05, 4.69) is 4.74 Å². The van der Waals surface area contributed by atoms with E-state index in [1.54, 1.807) is 0 Å². The summed E-state index contributed by atoms with van der Waals surface area (Å²) < 4.78 is 57.1. The zero-order valence-electron chi connectivity index (χ0n) is 13.4. The highest BCUT2D eigenvalue weighted by Gasteiger charge is 2.60. The molecule has 27 heavy (non-hydrogen) atoms. The van der Waals surface area contributed by atoms with E-state index in [4.69, 9.17) is 11.6 Å². The van der Waals surface area contributed by atoms with E-state index in [1.165, 1.54) is 5.32 Å². The highest BCUT2D eigenvalue weighted by molar-refractivity contribution is 8.00. The summed E-state index contributed by atoms with van der Waals surface area (Å²) in [6.45, 7) is 0. The third-order valence-corrected chi connectivity index (χ3v) is 4.91. The van der Waals surface area contributed by atoms with E-state index >= 15 is 0 Å². The van der Waals surface area contributed by atoms with Crippen LogP contribution in [-0.4, -0.2) is 47.8 Å². The minimum absolute atomic E-state index is 0.0794. The van der Waals surface area contributed by atoms with Gasteiger partial charge in [-0.2, -0.15) is 13.2 Å². The number of benzene rings is 1. The van der Waals surface area contributed by atoms with Crippen molar-refractivity contribution in [3.05, 3.63) is 23.0 Å². The molecule has 3 amide bonds. The van der Waals surface area contributed by atoms with Gasteiger partial charge in [-0.25, -0.2) is 14.1 Å². The quantitative estimate of drug-likeness (QED) is 0.433. The molecule has 0 aliphatic carbocycles. The normalized spacial score (nSPS) is 20.5. The zero-order valence-corrected chi connectivity index (χ0v) is 15.0. The largest absolute Gasteiger partial charge is 0.468 e. The van der Waals surface area contributed by atoms with Gasteiger partial charge in [-0.3, -0.25) is 9.59 Å². The fourth-order valence-electron chi connectivity index (χ4n) is 2.10. The summed E-state index contributed by atoms with van der Waals surface area (Å²) in [6, 6.07) is -0.00118. The Hall–Kier alpha value is -2.05. The molecule has 0 aromatic heterocycles. The number of imide groups is 1. The second kappa shape index (κ2) is 7.52. The molecule has 1 aromatic carbocycles. The van der Waals surface area contributed by atoms with E-state index in [9.17, 15) is 37.1 Å². The molecule has 1 unspecified atom stereocenters. The first-order valence-electron chi connectivity index (χ1n) is 7.02. The smallest absolute Gasteiger partial charge is 0.437 e. The highest BCUT2D eigenvalue weighted by atomic mass is 35.5. The number of amides is 3. The lowest BCUT2D eigenvalue weighted by molar-refractivity contribution is -0.269. The van der Waals surface area contributed by atoms with Crippen LogP contribution in [-0.2, 0) is 14.3 Å². The lowest BCUT2D eigenvalue weighted by Crippen LogP contribution is -2.68. The van der Waals surface area contributed by atoms with E-state index in [0.717, 1.165) is 31.0 Å². The molecule has 1 aliphatic rings. The summed E-state index contributed by atoms with van der Waals surface area (Å²) in [5, 5.41) is 10.6. The Morgan fingerprint density at radius 2 is 2.07 bits per heavy atom.